The van der Waals surface area contributed by atoms with Crippen LogP contribution in [0.15, 0.2) is 231 Å². The molecule has 6 atom stereocenters. The van der Waals surface area contributed by atoms with E-state index < -0.39 is 27.1 Å². The molecule has 4 aromatic carbocycles. The molecule has 0 bridgehead atoms. The number of terminal acetylenes is 1. The summed E-state index contributed by atoms with van der Waals surface area (Å²) in [6.07, 6.45) is 27.8. The summed E-state index contributed by atoms with van der Waals surface area (Å²) in [7, 11) is 0. The summed E-state index contributed by atoms with van der Waals surface area (Å²) in [6.45, 7) is 49.5. The van der Waals surface area contributed by atoms with Crippen LogP contribution in [0, 0.1) is 90.8 Å². The fourth-order valence-corrected chi connectivity index (χ4v) is 29.5. The van der Waals surface area contributed by atoms with E-state index in [0.29, 0.717) is 67.9 Å². The zero-order chi connectivity index (χ0) is 106. The topological polar surface area (TPSA) is 324 Å². The van der Waals surface area contributed by atoms with Gasteiger partial charge in [0, 0.05) is 208 Å². The number of hydrogen-bond donors (Lipinski definition) is 6. The normalized spacial score (nSPS) is 24.9. The van der Waals surface area contributed by atoms with E-state index in [1.54, 1.807) is 12.4 Å². The zero-order valence-electron chi connectivity index (χ0n) is 90.6. The van der Waals surface area contributed by atoms with Gasteiger partial charge in [0.05, 0.1) is 49.9 Å². The number of rotatable bonds is 7. The maximum atomic E-state index is 13.3. The molecule has 0 aliphatic heterocycles. The van der Waals surface area contributed by atoms with Crippen molar-refractivity contribution >= 4 is 34.7 Å². The molecule has 0 amide bonds. The molecule has 6 unspecified atom stereocenters. The largest absolute Gasteiger partial charge is 0.294 e. The minimum atomic E-state index is -0.629. The summed E-state index contributed by atoms with van der Waals surface area (Å²) < 4.78 is 0. The third-order valence-electron chi connectivity index (χ3n) is 34.6. The number of carbonyl (C=O) groups is 6. The molecule has 8 aromatic heterocycles. The van der Waals surface area contributed by atoms with E-state index >= 15 is 0 Å². The van der Waals surface area contributed by atoms with Crippen LogP contribution in [-0.2, 0) is 99.8 Å². The Balaban J connectivity index is 0.000000112. The second-order valence-electron chi connectivity index (χ2n) is 49.6. The Labute approximate surface area is 870 Å². The molecule has 0 saturated heterocycles. The predicted molar refractivity (Wildman–Crippen MR) is 578 cm³/mol. The van der Waals surface area contributed by atoms with Crippen molar-refractivity contribution in [3.8, 4) is 18.4 Å². The number of aromatic amines is 6. The smallest absolute Gasteiger partial charge is 0.166 e. The molecule has 148 heavy (non-hydrogen) atoms. The number of nitrogens with zero attached hydrogens (tertiary/aromatic N) is 9. The highest BCUT2D eigenvalue weighted by Gasteiger charge is 2.58. The van der Waals surface area contributed by atoms with Crippen molar-refractivity contribution < 1.29 is 28.8 Å². The summed E-state index contributed by atoms with van der Waals surface area (Å²) in [6, 6.07) is 49.5. The molecule has 0 spiro atoms. The minimum absolute atomic E-state index is 0.0000132. The molecular weight excluding hydrogens is 1830 g/mol. The van der Waals surface area contributed by atoms with Crippen LogP contribution in [0.1, 0.15) is 349 Å². The first-order chi connectivity index (χ1) is 70.0. The van der Waals surface area contributed by atoms with E-state index in [0.717, 1.165) is 212 Å². The molecule has 21 nitrogen and oxygen atoms in total. The molecule has 0 radical (unpaired) electrons. The minimum Gasteiger partial charge on any atom is -0.294 e. The van der Waals surface area contributed by atoms with E-state index in [2.05, 4.69) is 301 Å². The fraction of sp³-hybridized carbons (Fsp3) is 0.425. The molecule has 24 rings (SSSR count). The number of H-pyrrole nitrogens is 6. The lowest BCUT2D eigenvalue weighted by Crippen LogP contribution is -2.42. The third kappa shape index (κ3) is 17.3. The van der Waals surface area contributed by atoms with Crippen LogP contribution in [0.25, 0.3) is 0 Å². The lowest BCUT2D eigenvalue weighted by molar-refractivity contribution is -0.119. The van der Waals surface area contributed by atoms with Crippen LogP contribution in [0.5, 0.6) is 0 Å². The molecule has 21 heteroatoms. The van der Waals surface area contributed by atoms with Gasteiger partial charge in [-0.2, -0.15) is 35.9 Å². The van der Waals surface area contributed by atoms with Gasteiger partial charge < -0.3 is 0 Å². The monoisotopic (exact) mass is 1970 g/mol. The van der Waals surface area contributed by atoms with E-state index in [1.807, 2.05) is 93.0 Å². The fourth-order valence-electron chi connectivity index (χ4n) is 29.5. The number of allylic oxidation sites excluding steroid dienone is 12. The Bertz CT molecular complexity index is 7430. The van der Waals surface area contributed by atoms with Crippen LogP contribution < -0.4 is 0 Å². The summed E-state index contributed by atoms with van der Waals surface area (Å²) >= 11 is 0. The summed E-state index contributed by atoms with van der Waals surface area (Å²) in [5.74, 6) is 4.34. The Kier molecular flexibility index (Phi) is 25.9. The van der Waals surface area contributed by atoms with Gasteiger partial charge in [0.15, 0.2) is 40.4 Å². The third-order valence-corrected chi connectivity index (χ3v) is 34.6. The first-order valence-corrected chi connectivity index (χ1v) is 52.8. The van der Waals surface area contributed by atoms with E-state index in [4.69, 9.17) is 6.42 Å². The molecule has 12 aliphatic carbocycles. The Hall–Kier alpha value is -14.1. The molecule has 8 heterocycles. The van der Waals surface area contributed by atoms with Gasteiger partial charge in [0.2, 0.25) is 0 Å². The van der Waals surface area contributed by atoms with E-state index in [9.17, 15) is 34.0 Å². The van der Waals surface area contributed by atoms with Crippen molar-refractivity contribution in [2.45, 2.75) is 314 Å². The van der Waals surface area contributed by atoms with Gasteiger partial charge in [-0.1, -0.05) is 251 Å². The van der Waals surface area contributed by atoms with Gasteiger partial charge >= 0.3 is 0 Å². The molecule has 760 valence electrons. The number of benzene rings is 4. The van der Waals surface area contributed by atoms with Crippen LogP contribution in [0.2, 0.25) is 0 Å². The van der Waals surface area contributed by atoms with E-state index in [1.165, 1.54) is 61.3 Å². The van der Waals surface area contributed by atoms with Gasteiger partial charge in [-0.05, 0) is 204 Å². The second kappa shape index (κ2) is 37.3. The van der Waals surface area contributed by atoms with Crippen LogP contribution in [-0.4, -0.2) is 106 Å². The molecule has 6 N–H and O–H groups in total. The molecule has 0 saturated carbocycles. The highest BCUT2D eigenvalue weighted by molar-refractivity contribution is 6.06. The highest BCUT2D eigenvalue weighted by Crippen LogP contribution is 2.62. The number of fused-ring (bicyclic) bond motifs is 6. The van der Waals surface area contributed by atoms with Crippen LogP contribution in [0.4, 0.5) is 0 Å². The van der Waals surface area contributed by atoms with Gasteiger partial charge in [0.25, 0.3) is 0 Å². The molecule has 12 aromatic rings. The quantitative estimate of drug-likeness (QED) is 0.0808. The van der Waals surface area contributed by atoms with Crippen molar-refractivity contribution in [2.24, 2.45) is 32.5 Å². The Morgan fingerprint density at radius 2 is 0.574 bits per heavy atom. The average Bonchev–Trinajstić information content (AvgIpc) is 1.43. The Morgan fingerprint density at radius 3 is 0.905 bits per heavy atom. The number of hydrogen-bond acceptors (Lipinski definition) is 15. The molecule has 0 fully saturated rings. The summed E-state index contributed by atoms with van der Waals surface area (Å²) in [5.41, 5.74) is 36.7. The number of pyridine rings is 2. The number of carbonyl (C=O) groups excluding carboxylic acids is 6. The van der Waals surface area contributed by atoms with Crippen molar-refractivity contribution in [3.63, 3.8) is 0 Å². The van der Waals surface area contributed by atoms with Crippen LogP contribution in [0.3, 0.4) is 0 Å². The number of nitrogens with one attached hydrogen (secondary N) is 6. The number of ketones is 6. The SMILES string of the molecule is C#Cc1n[nH]c2c1C(C)(c1ccccc1)C1=C(C2)CC(C)(C)CC1=O.CC1(C)CC(=O)C2=C(Cc3[nH]nc(C#N)c3C2(C)c2ccccc2)C1.CCC1(c2ccccc2)C2=C(Cc3n[nH]c(C)c31)CC(C)(C)CC2=O.Cc1[nH]nc2c1C(C)(c1cccnc1)C1=C(C2)CC(C)(C)CC1=O.Cc1[nH]nc2c1C(C)(c1cccnc1)C1=C(C2)CC(C)(C)CC1=O.Cc1ccccc1C1(C)C2=C(Cc3n[nH]c(C)c31)CC(C)(C)CC2=O. The van der Waals surface area contributed by atoms with Gasteiger partial charge in [-0.3, -0.25) is 69.3 Å². The maximum absolute atomic E-state index is 13.3. The van der Waals surface area contributed by atoms with Gasteiger partial charge in [-0.15, -0.1) is 6.42 Å². The van der Waals surface area contributed by atoms with Crippen molar-refractivity contribution in [1.29, 1.82) is 5.26 Å². The first-order valence-electron chi connectivity index (χ1n) is 52.8. The number of aromatic nitrogens is 14. The molecule has 12 aliphatic rings. The Morgan fingerprint density at radius 1 is 0.297 bits per heavy atom. The van der Waals surface area contributed by atoms with E-state index in [-0.39, 0.29) is 61.0 Å². The van der Waals surface area contributed by atoms with Crippen molar-refractivity contribution in [2.75, 3.05) is 0 Å². The number of nitriles is 1. The zero-order valence-corrected chi connectivity index (χ0v) is 90.6. The van der Waals surface area contributed by atoms with Gasteiger partial charge in [0.1, 0.15) is 11.8 Å². The second-order valence-corrected chi connectivity index (χ2v) is 49.6. The first kappa shape index (κ1) is 103. The van der Waals surface area contributed by atoms with Crippen molar-refractivity contribution in [3.05, 3.63) is 372 Å². The number of aryl methyl sites for hydroxylation is 5. The van der Waals surface area contributed by atoms with Gasteiger partial charge in [-0.25, -0.2) is 0 Å². The predicted octanol–water partition coefficient (Wildman–Crippen LogP) is 24.3. The van der Waals surface area contributed by atoms with Crippen molar-refractivity contribution in [1.82, 2.24) is 71.2 Å². The summed E-state index contributed by atoms with van der Waals surface area (Å²) in [4.78, 5) is 88.0. The number of Topliss-reactive ketones (excluding diaryl/α,β-unsaturated/α-hetero) is 6. The highest BCUT2D eigenvalue weighted by atomic mass is 16.1. The lowest BCUT2D eigenvalue weighted by Gasteiger charge is -2.45. The van der Waals surface area contributed by atoms with Crippen LogP contribution >= 0.6 is 0 Å². The standard InChI is InChI=1S/C22H26N2O.C22H22N2O.C22H26N2O.C21H21N3O.2C20H23N3O/c1-13-8-6-7-9-16(13)22(5)19-14(2)23-24-17(19)10-15-11-21(3,4)12-18(25)20(15)22;1-5-16-20-17(24-23-16)11-14-12-21(2,3)13-18(25)19(14)22(20,4)15-9-7-6-8-10-15;1-5-22(16-9-7-6-8-10-16)19-14(2)23-24-17(19)11-15-12-21(3,4)13-18(25)20(15)22;1-20(2)10-13-9-15-19(16(12-22)24-23-15)21(3,18(13)17(25)11-20)14-7-5-4-6-8-14;2*1-12-17-15(23-22-12)8-13-9-19(2,3)10-16(24)18(13)20(17,4)14-6-5-7-21-11-14/h6-9H,10-12H2,1-5H3,(H,23,24);1,6-10H,11-13H2,2-4H3,(H,23,24);6-10H,5,11-13H2,1-4H3,(H,23,24);4-8H,9-11H2,1-3H3,(H,23,24);2*5-7,11H,8-10H2,1-4H3,(H,22,23). The lowest BCUT2D eigenvalue weighted by atomic mass is 9.56. The maximum Gasteiger partial charge on any atom is 0.166 e. The molecular formula is C127H141N15O6. The average molecular weight is 1970 g/mol. The summed E-state index contributed by atoms with van der Waals surface area (Å²) in [5, 5.41) is 55.3.